The summed E-state index contributed by atoms with van der Waals surface area (Å²) >= 11 is 9.36. The number of benzene rings is 4. The maximum atomic E-state index is 12.9. The molecule has 0 saturated heterocycles. The molecule has 0 unspecified atom stereocenters. The largest absolute Gasteiger partial charge is 2.00 e. The van der Waals surface area contributed by atoms with E-state index in [9.17, 15) is 19.0 Å². The van der Waals surface area contributed by atoms with Gasteiger partial charge in [-0.05, 0) is 83.9 Å². The van der Waals surface area contributed by atoms with Gasteiger partial charge in [0.2, 0.25) is 10.3 Å². The molecular weight excluding hydrogens is 800 g/mol. The molecule has 0 aliphatic heterocycles. The number of nitrogens with zero attached hydrogens (tertiary/aromatic N) is 4. The zero-order valence-electron chi connectivity index (χ0n) is 23.0. The van der Waals surface area contributed by atoms with Gasteiger partial charge in [0.05, 0.1) is 11.4 Å². The molecule has 0 saturated carbocycles. The van der Waals surface area contributed by atoms with Gasteiger partial charge in [0, 0.05) is 43.3 Å². The van der Waals surface area contributed by atoms with Gasteiger partial charge in [-0.1, -0.05) is 55.5 Å². The fraction of sp³-hybridized carbons (Fsp3) is 0. The molecule has 0 atom stereocenters. The van der Waals surface area contributed by atoms with Gasteiger partial charge < -0.3 is 10.2 Å². The first-order valence-electron chi connectivity index (χ1n) is 12.7. The Morgan fingerprint density at radius 1 is 0.600 bits per heavy atom. The topological polar surface area (TPSA) is 96.6 Å². The Kier molecular flexibility index (Phi) is 12.4. The van der Waals surface area contributed by atoms with Crippen LogP contribution in [-0.2, 0) is 19.5 Å². The fourth-order valence-corrected chi connectivity index (χ4v) is 5.74. The first kappa shape index (κ1) is 34.4. The van der Waals surface area contributed by atoms with Crippen molar-refractivity contribution in [3.63, 3.8) is 0 Å². The van der Waals surface area contributed by atoms with E-state index in [0.29, 0.717) is 21.4 Å². The molecule has 0 aliphatic rings. The van der Waals surface area contributed by atoms with E-state index in [4.69, 9.17) is 0 Å². The average Bonchev–Trinajstić information content (AvgIpc) is 3.70. The van der Waals surface area contributed by atoms with Crippen molar-refractivity contribution in [1.29, 1.82) is 0 Å². The second-order valence-corrected chi connectivity index (χ2v) is 12.4. The molecule has 45 heavy (non-hydrogen) atoms. The Morgan fingerprint density at radius 3 is 1.36 bits per heavy atom. The van der Waals surface area contributed by atoms with E-state index in [1.807, 2.05) is 10.8 Å². The van der Waals surface area contributed by atoms with Crippen LogP contribution < -0.4 is 10.2 Å². The van der Waals surface area contributed by atoms with Gasteiger partial charge in [0.15, 0.2) is 0 Å². The summed E-state index contributed by atoms with van der Waals surface area (Å²) in [5, 5.41) is 28.1. The third-order valence-electron chi connectivity index (χ3n) is 5.84. The van der Waals surface area contributed by atoms with E-state index in [1.165, 1.54) is 71.5 Å². The third kappa shape index (κ3) is 9.75. The van der Waals surface area contributed by atoms with Gasteiger partial charge in [0.1, 0.15) is 11.6 Å². The third-order valence-corrected chi connectivity index (χ3v) is 8.32. The second-order valence-electron chi connectivity index (χ2n) is 8.93. The summed E-state index contributed by atoms with van der Waals surface area (Å²) in [5.41, 5.74) is 4.10. The van der Waals surface area contributed by atoms with Crippen molar-refractivity contribution in [1.82, 2.24) is 9.97 Å². The Hall–Kier alpha value is -3.48. The first-order chi connectivity index (χ1) is 21.2. The number of aromatic nitrogens is 2. The van der Waals surface area contributed by atoms with E-state index in [1.54, 1.807) is 48.5 Å². The fourth-order valence-electron chi connectivity index (χ4n) is 3.64. The predicted octanol–water partition coefficient (Wildman–Crippen LogP) is 9.07. The summed E-state index contributed by atoms with van der Waals surface area (Å²) < 4.78 is 27.5. The molecule has 13 heteroatoms. The number of aliphatic imine (C=N–C) groups is 2. The molecule has 2 aromatic heterocycles. The van der Waals surface area contributed by atoms with Crippen LogP contribution in [0.4, 0.5) is 19.0 Å². The zero-order chi connectivity index (χ0) is 31.1. The van der Waals surface area contributed by atoms with Crippen LogP contribution in [0.2, 0.25) is 0 Å². The van der Waals surface area contributed by atoms with E-state index >= 15 is 0 Å². The average molecular weight is 818 g/mol. The van der Waals surface area contributed by atoms with Crippen molar-refractivity contribution in [2.45, 2.75) is 0 Å². The minimum absolute atomic E-state index is 0. The van der Waals surface area contributed by atoms with Crippen molar-refractivity contribution in [2.75, 3.05) is 0 Å². The second kappa shape index (κ2) is 16.2. The Labute approximate surface area is 295 Å². The number of rotatable bonds is 6. The van der Waals surface area contributed by atoms with E-state index in [0.717, 1.165) is 31.5 Å². The SMILES string of the molecule is [O-]c1ccc(Br)cc1/C=N/c1nc(-c2ccc(F)cc2)cs1.[O-]c1ccc(Br)cc1/C=N/c1nc(-c2ccc(F)cc2)cs1.[Zn+2]. The van der Waals surface area contributed by atoms with Gasteiger partial charge in [-0.3, -0.25) is 0 Å². The van der Waals surface area contributed by atoms with Crippen LogP contribution in [0, 0.1) is 11.6 Å². The Bertz CT molecular complexity index is 1810. The molecule has 6 nitrogen and oxygen atoms in total. The maximum Gasteiger partial charge on any atom is 2.00 e. The summed E-state index contributed by atoms with van der Waals surface area (Å²) in [7, 11) is 0. The quantitative estimate of drug-likeness (QED) is 0.124. The normalized spacial score (nSPS) is 10.9. The summed E-state index contributed by atoms with van der Waals surface area (Å²) in [4.78, 5) is 17.2. The predicted molar refractivity (Wildman–Crippen MR) is 177 cm³/mol. The smallest absolute Gasteiger partial charge is 0.872 e. The van der Waals surface area contributed by atoms with Crippen LogP contribution in [0.25, 0.3) is 22.5 Å². The molecule has 0 bridgehead atoms. The van der Waals surface area contributed by atoms with Gasteiger partial charge in [-0.2, -0.15) is 0 Å². The number of halogens is 4. The van der Waals surface area contributed by atoms with Crippen LogP contribution in [0.15, 0.2) is 115 Å². The summed E-state index contributed by atoms with van der Waals surface area (Å²) in [6.07, 6.45) is 3.00. The van der Waals surface area contributed by atoms with E-state index in [-0.39, 0.29) is 42.6 Å². The van der Waals surface area contributed by atoms with Crippen molar-refractivity contribution >= 4 is 77.2 Å². The van der Waals surface area contributed by atoms with Crippen molar-refractivity contribution in [3.8, 4) is 34.0 Å². The summed E-state index contributed by atoms with van der Waals surface area (Å²) in [6.45, 7) is 0. The van der Waals surface area contributed by atoms with Gasteiger partial charge in [-0.25, -0.2) is 28.7 Å². The van der Waals surface area contributed by atoms with Crippen molar-refractivity contribution < 1.29 is 38.5 Å². The van der Waals surface area contributed by atoms with Crippen LogP contribution in [0.5, 0.6) is 11.5 Å². The molecule has 6 rings (SSSR count). The Morgan fingerprint density at radius 2 is 0.978 bits per heavy atom. The maximum absolute atomic E-state index is 12.9. The molecule has 0 N–H and O–H groups in total. The van der Waals surface area contributed by atoms with Gasteiger partial charge >= 0.3 is 19.5 Å². The molecule has 0 radical (unpaired) electrons. The minimum atomic E-state index is -0.283. The number of hydrogen-bond acceptors (Lipinski definition) is 8. The molecule has 220 valence electrons. The molecule has 0 spiro atoms. The molecule has 6 aromatic rings. The minimum Gasteiger partial charge on any atom is -0.872 e. The molecule has 4 aromatic carbocycles. The Balaban J connectivity index is 0.000000200. The van der Waals surface area contributed by atoms with Crippen LogP contribution in [0.3, 0.4) is 0 Å². The number of hydrogen-bond donors (Lipinski definition) is 0. The molecule has 0 fully saturated rings. The molecule has 0 amide bonds. The van der Waals surface area contributed by atoms with Crippen molar-refractivity contribution in [3.05, 3.63) is 127 Å². The van der Waals surface area contributed by atoms with Crippen LogP contribution >= 0.6 is 54.5 Å². The number of thiazole rings is 2. The molecule has 2 heterocycles. The van der Waals surface area contributed by atoms with Gasteiger partial charge in [-0.15, -0.1) is 22.7 Å². The van der Waals surface area contributed by atoms with Gasteiger partial charge in [0.25, 0.3) is 0 Å². The molecule has 0 aliphatic carbocycles. The van der Waals surface area contributed by atoms with E-state index in [2.05, 4.69) is 51.8 Å². The summed E-state index contributed by atoms with van der Waals surface area (Å²) in [5.74, 6) is -0.755. The van der Waals surface area contributed by atoms with E-state index < -0.39 is 0 Å². The van der Waals surface area contributed by atoms with Crippen molar-refractivity contribution in [2.24, 2.45) is 9.98 Å². The molecular formula is C32H18Br2F2N4O2S2Zn. The van der Waals surface area contributed by atoms with Crippen LogP contribution in [-0.4, -0.2) is 22.4 Å². The monoisotopic (exact) mass is 814 g/mol. The summed E-state index contributed by atoms with van der Waals surface area (Å²) in [6, 6.07) is 22.0. The zero-order valence-corrected chi connectivity index (χ0v) is 30.8. The van der Waals surface area contributed by atoms with Crippen LogP contribution in [0.1, 0.15) is 11.1 Å². The standard InChI is InChI=1S/2C16H10BrFN2OS.Zn/c2*17-12-3-6-15(21)11(7-12)8-19-16-20-14(9-22-16)10-1-4-13(18)5-2-10;/h2*1-9,21H;/q;;+2/p-2/b2*19-8+;. The first-order valence-corrected chi connectivity index (χ1v) is 16.0.